The molecule has 0 aliphatic heterocycles. The van der Waals surface area contributed by atoms with Gasteiger partial charge in [-0.3, -0.25) is 4.79 Å². The number of carbonyl (C=O) groups is 1. The van der Waals surface area contributed by atoms with Gasteiger partial charge in [0.15, 0.2) is 0 Å². The Morgan fingerprint density at radius 1 is 1.10 bits per heavy atom. The van der Waals surface area contributed by atoms with Gasteiger partial charge in [0.05, 0.1) is 5.54 Å². The van der Waals surface area contributed by atoms with Crippen molar-refractivity contribution in [1.82, 2.24) is 5.32 Å². The topological polar surface area (TPSA) is 55.1 Å². The van der Waals surface area contributed by atoms with E-state index in [0.717, 1.165) is 42.9 Å². The first-order valence-electron chi connectivity index (χ1n) is 9.13. The molecular weight excluding hydrogens is 260 g/mol. The van der Waals surface area contributed by atoms with E-state index in [9.17, 15) is 4.79 Å². The van der Waals surface area contributed by atoms with Crippen LogP contribution < -0.4 is 11.1 Å². The quantitative estimate of drug-likeness (QED) is 0.821. The minimum atomic E-state index is -0.591. The molecule has 5 aliphatic rings. The Bertz CT molecular complexity index is 407. The second-order valence-corrected chi connectivity index (χ2v) is 8.79. The van der Waals surface area contributed by atoms with E-state index in [1.54, 1.807) is 0 Å². The lowest BCUT2D eigenvalue weighted by atomic mass is 9.54. The summed E-state index contributed by atoms with van der Waals surface area (Å²) in [5.74, 6) is 4.16. The van der Waals surface area contributed by atoms with Crippen LogP contribution >= 0.6 is 0 Å². The summed E-state index contributed by atoms with van der Waals surface area (Å²) in [6.07, 6.45) is 10.9. The van der Waals surface area contributed by atoms with Gasteiger partial charge in [0, 0.05) is 6.04 Å². The van der Waals surface area contributed by atoms with Crippen molar-refractivity contribution in [2.24, 2.45) is 35.3 Å². The van der Waals surface area contributed by atoms with Crippen molar-refractivity contribution >= 4 is 5.91 Å². The molecule has 3 N–H and O–H groups in total. The molecule has 0 aromatic heterocycles. The predicted octanol–water partition coefficient (Wildman–Crippen LogP) is 2.83. The molecule has 5 rings (SSSR count). The molecule has 0 aromatic rings. The van der Waals surface area contributed by atoms with Gasteiger partial charge in [-0.15, -0.1) is 0 Å². The molecule has 3 heteroatoms. The molecule has 2 unspecified atom stereocenters. The first-order valence-corrected chi connectivity index (χ1v) is 9.13. The molecule has 5 fully saturated rings. The van der Waals surface area contributed by atoms with Crippen molar-refractivity contribution in [3.05, 3.63) is 0 Å². The molecular formula is C18H30N2O. The molecule has 4 bridgehead atoms. The van der Waals surface area contributed by atoms with Gasteiger partial charge >= 0.3 is 0 Å². The number of nitrogens with one attached hydrogen (secondary N) is 1. The van der Waals surface area contributed by atoms with Crippen LogP contribution in [0.4, 0.5) is 0 Å². The Morgan fingerprint density at radius 2 is 1.71 bits per heavy atom. The normalized spacial score (nSPS) is 51.9. The van der Waals surface area contributed by atoms with E-state index in [1.165, 1.54) is 38.5 Å². The highest BCUT2D eigenvalue weighted by Gasteiger charge is 2.50. The van der Waals surface area contributed by atoms with Crippen LogP contribution in [0.2, 0.25) is 0 Å². The molecule has 3 nitrogen and oxygen atoms in total. The van der Waals surface area contributed by atoms with Gasteiger partial charge < -0.3 is 11.1 Å². The zero-order valence-electron chi connectivity index (χ0n) is 13.3. The smallest absolute Gasteiger partial charge is 0.240 e. The third-order valence-electron chi connectivity index (χ3n) is 7.01. The van der Waals surface area contributed by atoms with Gasteiger partial charge in [0.25, 0.3) is 0 Å². The number of nitrogens with two attached hydrogens (primary N) is 1. The second-order valence-electron chi connectivity index (χ2n) is 8.79. The highest BCUT2D eigenvalue weighted by atomic mass is 16.2. The first kappa shape index (κ1) is 14.0. The van der Waals surface area contributed by atoms with Crippen molar-refractivity contribution in [3.8, 4) is 0 Å². The number of carbonyl (C=O) groups excluding carboxylic acids is 1. The second kappa shape index (κ2) is 4.97. The van der Waals surface area contributed by atoms with Gasteiger partial charge in [-0.1, -0.05) is 19.8 Å². The van der Waals surface area contributed by atoms with Crippen LogP contribution in [0.5, 0.6) is 0 Å². The lowest BCUT2D eigenvalue weighted by Crippen LogP contribution is -2.63. The fourth-order valence-electron chi connectivity index (χ4n) is 6.25. The van der Waals surface area contributed by atoms with Crippen molar-refractivity contribution in [2.45, 2.75) is 76.3 Å². The summed E-state index contributed by atoms with van der Waals surface area (Å²) < 4.78 is 0. The third-order valence-corrected chi connectivity index (χ3v) is 7.01. The van der Waals surface area contributed by atoms with Gasteiger partial charge in [0.2, 0.25) is 5.91 Å². The Balaban J connectivity index is 1.45. The molecule has 5 aliphatic carbocycles. The molecule has 0 radical (unpaired) electrons. The van der Waals surface area contributed by atoms with E-state index in [-0.39, 0.29) is 5.91 Å². The molecule has 118 valence electrons. The van der Waals surface area contributed by atoms with Crippen LogP contribution in [0.25, 0.3) is 0 Å². The van der Waals surface area contributed by atoms with Crippen molar-refractivity contribution in [3.63, 3.8) is 0 Å². The van der Waals surface area contributed by atoms with Crippen LogP contribution in [0, 0.1) is 29.6 Å². The van der Waals surface area contributed by atoms with E-state index in [4.69, 9.17) is 5.73 Å². The third kappa shape index (κ3) is 2.42. The van der Waals surface area contributed by atoms with Crippen LogP contribution in [0.1, 0.15) is 64.7 Å². The predicted molar refractivity (Wildman–Crippen MR) is 83.5 cm³/mol. The molecule has 0 aromatic carbocycles. The van der Waals surface area contributed by atoms with Crippen LogP contribution in [0.15, 0.2) is 0 Å². The molecule has 2 atom stereocenters. The fraction of sp³-hybridized carbons (Fsp3) is 0.944. The minimum Gasteiger partial charge on any atom is -0.351 e. The maximum Gasteiger partial charge on any atom is 0.240 e. The summed E-state index contributed by atoms with van der Waals surface area (Å²) in [7, 11) is 0. The Hall–Kier alpha value is -0.570. The van der Waals surface area contributed by atoms with E-state index in [2.05, 4.69) is 12.2 Å². The number of hydrogen-bond donors (Lipinski definition) is 2. The van der Waals surface area contributed by atoms with E-state index in [1.807, 2.05) is 0 Å². The lowest BCUT2D eigenvalue weighted by molar-refractivity contribution is -0.132. The van der Waals surface area contributed by atoms with Crippen molar-refractivity contribution in [1.29, 1.82) is 0 Å². The van der Waals surface area contributed by atoms with Crippen LogP contribution in [0.3, 0.4) is 0 Å². The van der Waals surface area contributed by atoms with E-state index >= 15 is 0 Å². The standard InChI is InChI=1S/C18H30N2O/c1-11-3-2-4-18(19,10-11)17(21)20-16-14-6-12-5-13(8-14)9-15(16)7-12/h11-16H,2-10,19H2,1H3,(H,20,21). The number of hydrogen-bond acceptors (Lipinski definition) is 2. The molecule has 5 saturated carbocycles. The van der Waals surface area contributed by atoms with Crippen molar-refractivity contribution < 1.29 is 4.79 Å². The van der Waals surface area contributed by atoms with E-state index in [0.29, 0.717) is 12.0 Å². The lowest BCUT2D eigenvalue weighted by Gasteiger charge is -2.55. The summed E-state index contributed by atoms with van der Waals surface area (Å²) in [5.41, 5.74) is 5.89. The summed E-state index contributed by atoms with van der Waals surface area (Å²) in [6, 6.07) is 0.433. The molecule has 21 heavy (non-hydrogen) atoms. The largest absolute Gasteiger partial charge is 0.351 e. The zero-order valence-corrected chi connectivity index (χ0v) is 13.3. The van der Waals surface area contributed by atoms with Crippen LogP contribution in [-0.2, 0) is 4.79 Å². The van der Waals surface area contributed by atoms with Gasteiger partial charge in [-0.2, -0.15) is 0 Å². The Kier molecular flexibility index (Phi) is 3.33. The zero-order chi connectivity index (χ0) is 14.6. The first-order chi connectivity index (χ1) is 10.0. The summed E-state index contributed by atoms with van der Waals surface area (Å²) in [4.78, 5) is 12.8. The molecule has 0 heterocycles. The molecule has 1 amide bonds. The highest BCUT2D eigenvalue weighted by molar-refractivity contribution is 5.86. The number of rotatable bonds is 2. The number of amides is 1. The highest BCUT2D eigenvalue weighted by Crippen LogP contribution is 2.53. The maximum absolute atomic E-state index is 12.8. The molecule has 0 saturated heterocycles. The Morgan fingerprint density at radius 3 is 2.29 bits per heavy atom. The summed E-state index contributed by atoms with van der Waals surface area (Å²) in [5, 5.41) is 3.43. The van der Waals surface area contributed by atoms with Gasteiger partial charge in [0.1, 0.15) is 0 Å². The van der Waals surface area contributed by atoms with E-state index < -0.39 is 5.54 Å². The van der Waals surface area contributed by atoms with Crippen molar-refractivity contribution in [2.75, 3.05) is 0 Å². The minimum absolute atomic E-state index is 0.159. The monoisotopic (exact) mass is 290 g/mol. The maximum atomic E-state index is 12.8. The molecule has 0 spiro atoms. The van der Waals surface area contributed by atoms with Gasteiger partial charge in [-0.25, -0.2) is 0 Å². The summed E-state index contributed by atoms with van der Waals surface area (Å²) >= 11 is 0. The summed E-state index contributed by atoms with van der Waals surface area (Å²) in [6.45, 7) is 2.23. The average Bonchev–Trinajstić information content (AvgIpc) is 2.41. The van der Waals surface area contributed by atoms with Crippen LogP contribution in [-0.4, -0.2) is 17.5 Å². The SMILES string of the molecule is CC1CCCC(N)(C(=O)NC2C3CC4CC(C3)CC2C4)C1. The average molecular weight is 290 g/mol. The fourth-order valence-corrected chi connectivity index (χ4v) is 6.25. The van der Waals surface area contributed by atoms with Gasteiger partial charge in [-0.05, 0) is 74.5 Å². The Labute approximate surface area is 128 Å².